The number of furan rings is 1. The number of nitrogens with zero attached hydrogens (tertiary/aromatic N) is 2. The van der Waals surface area contributed by atoms with E-state index in [1.165, 1.54) is 33.4 Å². The lowest BCUT2D eigenvalue weighted by Crippen LogP contribution is -2.25. The van der Waals surface area contributed by atoms with Crippen LogP contribution in [-0.2, 0) is 5.41 Å². The van der Waals surface area contributed by atoms with E-state index in [4.69, 9.17) is 14.4 Å². The number of para-hydroxylation sites is 1. The van der Waals surface area contributed by atoms with Crippen molar-refractivity contribution in [1.29, 1.82) is 0 Å². The van der Waals surface area contributed by atoms with Crippen molar-refractivity contribution < 1.29 is 4.42 Å². The molecule has 0 amide bonds. The number of hydrogen-bond donors (Lipinski definition) is 0. The van der Waals surface area contributed by atoms with Gasteiger partial charge in [-0.2, -0.15) is 0 Å². The van der Waals surface area contributed by atoms with Gasteiger partial charge in [0.25, 0.3) is 0 Å². The van der Waals surface area contributed by atoms with Gasteiger partial charge in [0.15, 0.2) is 5.82 Å². The standard InChI is InChI=1S/C49H30N2O/c1-3-14-31(15-4-1)43-30-44(51-48(50-43)32-16-5-2-6-17-32)35-19-13-18-33(28-35)34-26-27-38-42(29-34)49(46-39-22-9-12-25-45(39)52-47(38)46)40-23-10-7-20-36(40)37-21-8-11-24-41(37)49/h1-30H. The first kappa shape index (κ1) is 28.9. The minimum atomic E-state index is -0.500. The highest BCUT2D eigenvalue weighted by Crippen LogP contribution is 2.65. The molecule has 2 aliphatic rings. The lowest BCUT2D eigenvalue weighted by atomic mass is 9.70. The van der Waals surface area contributed by atoms with Crippen LogP contribution in [0.25, 0.3) is 78.4 Å². The van der Waals surface area contributed by atoms with Gasteiger partial charge in [0.2, 0.25) is 0 Å². The number of benzene rings is 7. The second-order valence-electron chi connectivity index (χ2n) is 13.7. The van der Waals surface area contributed by atoms with Crippen LogP contribution in [0, 0.1) is 0 Å². The van der Waals surface area contributed by atoms with Gasteiger partial charge in [-0.3, -0.25) is 0 Å². The second-order valence-corrected chi connectivity index (χ2v) is 13.7. The maximum atomic E-state index is 6.76. The molecule has 2 aromatic heterocycles. The molecule has 2 aliphatic carbocycles. The molecule has 0 radical (unpaired) electrons. The van der Waals surface area contributed by atoms with Crippen LogP contribution in [-0.4, -0.2) is 9.97 Å². The zero-order chi connectivity index (χ0) is 34.2. The lowest BCUT2D eigenvalue weighted by Gasteiger charge is -2.30. The number of fused-ring (bicyclic) bond motifs is 12. The van der Waals surface area contributed by atoms with E-state index in [-0.39, 0.29) is 0 Å². The molecule has 242 valence electrons. The summed E-state index contributed by atoms with van der Waals surface area (Å²) in [6.45, 7) is 0. The summed E-state index contributed by atoms with van der Waals surface area (Å²) in [6, 6.07) is 64.6. The molecule has 0 atom stereocenters. The van der Waals surface area contributed by atoms with Crippen LogP contribution >= 0.6 is 0 Å². The fourth-order valence-corrected chi connectivity index (χ4v) is 8.70. The quantitative estimate of drug-likeness (QED) is 0.188. The van der Waals surface area contributed by atoms with Gasteiger partial charge in [-0.1, -0.05) is 158 Å². The fraction of sp³-hybridized carbons (Fsp3) is 0.0204. The third-order valence-electron chi connectivity index (χ3n) is 10.9. The van der Waals surface area contributed by atoms with Crippen molar-refractivity contribution in [2.24, 2.45) is 0 Å². The highest BCUT2D eigenvalue weighted by molar-refractivity contribution is 6.02. The fourth-order valence-electron chi connectivity index (χ4n) is 8.70. The number of aromatic nitrogens is 2. The van der Waals surface area contributed by atoms with E-state index in [2.05, 4.69) is 158 Å². The Hall–Kier alpha value is -6.84. The monoisotopic (exact) mass is 662 g/mol. The molecule has 0 unspecified atom stereocenters. The molecule has 0 aliphatic heterocycles. The summed E-state index contributed by atoms with van der Waals surface area (Å²) in [6.07, 6.45) is 0. The highest BCUT2D eigenvalue weighted by Gasteiger charge is 2.54. The van der Waals surface area contributed by atoms with E-state index in [1.807, 2.05) is 24.3 Å². The summed E-state index contributed by atoms with van der Waals surface area (Å²) < 4.78 is 6.76. The molecule has 0 saturated carbocycles. The first-order valence-corrected chi connectivity index (χ1v) is 17.7. The van der Waals surface area contributed by atoms with Crippen molar-refractivity contribution in [3.8, 4) is 67.5 Å². The van der Waals surface area contributed by atoms with Crippen LogP contribution in [0.3, 0.4) is 0 Å². The molecule has 9 aromatic rings. The van der Waals surface area contributed by atoms with Crippen LogP contribution in [0.5, 0.6) is 0 Å². The van der Waals surface area contributed by atoms with Gasteiger partial charge in [0.05, 0.1) is 16.8 Å². The van der Waals surface area contributed by atoms with Crippen LogP contribution in [0.1, 0.15) is 22.3 Å². The molecule has 3 nitrogen and oxygen atoms in total. The smallest absolute Gasteiger partial charge is 0.160 e. The number of hydrogen-bond acceptors (Lipinski definition) is 3. The van der Waals surface area contributed by atoms with Crippen LogP contribution < -0.4 is 0 Å². The number of rotatable bonds is 4. The first-order chi connectivity index (χ1) is 25.8. The SMILES string of the molecule is c1ccc(-c2cc(-c3cccc(-c4ccc5c(c4)C4(c6ccccc6-c6ccccc64)c4c-5oc5ccccc45)c3)nc(-c3ccccc3)n2)cc1. The average molecular weight is 663 g/mol. The van der Waals surface area contributed by atoms with Gasteiger partial charge in [-0.25, -0.2) is 9.97 Å². The Bertz CT molecular complexity index is 2750. The van der Waals surface area contributed by atoms with E-state index in [9.17, 15) is 0 Å². The summed E-state index contributed by atoms with van der Waals surface area (Å²) >= 11 is 0. The molecule has 0 bridgehead atoms. The predicted molar refractivity (Wildman–Crippen MR) is 210 cm³/mol. The van der Waals surface area contributed by atoms with Crippen molar-refractivity contribution in [3.05, 3.63) is 204 Å². The Kier molecular flexibility index (Phi) is 6.17. The molecule has 1 spiro atoms. The summed E-state index contributed by atoms with van der Waals surface area (Å²) in [5, 5.41) is 1.16. The molecule has 7 aromatic carbocycles. The Morgan fingerprint density at radius 2 is 0.962 bits per heavy atom. The van der Waals surface area contributed by atoms with Crippen LogP contribution in [0.15, 0.2) is 186 Å². The zero-order valence-electron chi connectivity index (χ0n) is 28.1. The van der Waals surface area contributed by atoms with Crippen molar-refractivity contribution in [3.63, 3.8) is 0 Å². The third kappa shape index (κ3) is 4.08. The van der Waals surface area contributed by atoms with Gasteiger partial charge >= 0.3 is 0 Å². The van der Waals surface area contributed by atoms with Crippen LogP contribution in [0.2, 0.25) is 0 Å². The maximum absolute atomic E-state index is 6.76. The van der Waals surface area contributed by atoms with Gasteiger partial charge < -0.3 is 4.42 Å². The molecular weight excluding hydrogens is 633 g/mol. The van der Waals surface area contributed by atoms with Crippen LogP contribution in [0.4, 0.5) is 0 Å². The summed E-state index contributed by atoms with van der Waals surface area (Å²) in [4.78, 5) is 10.1. The topological polar surface area (TPSA) is 38.9 Å². The Morgan fingerprint density at radius 3 is 1.71 bits per heavy atom. The second kappa shape index (κ2) is 11.1. The molecule has 11 rings (SSSR count). The average Bonchev–Trinajstić information content (AvgIpc) is 3.85. The largest absolute Gasteiger partial charge is 0.456 e. The molecule has 2 heterocycles. The minimum absolute atomic E-state index is 0.500. The van der Waals surface area contributed by atoms with Gasteiger partial charge in [0.1, 0.15) is 11.3 Å². The van der Waals surface area contributed by atoms with Gasteiger partial charge in [-0.05, 0) is 63.2 Å². The molecule has 3 heteroatoms. The Morgan fingerprint density at radius 1 is 0.385 bits per heavy atom. The molecular formula is C49H30N2O. The van der Waals surface area contributed by atoms with E-state index < -0.39 is 5.41 Å². The van der Waals surface area contributed by atoms with E-state index >= 15 is 0 Å². The predicted octanol–water partition coefficient (Wildman–Crippen LogP) is 12.2. The summed E-state index contributed by atoms with van der Waals surface area (Å²) in [7, 11) is 0. The highest BCUT2D eigenvalue weighted by atomic mass is 16.3. The van der Waals surface area contributed by atoms with Crippen molar-refractivity contribution >= 4 is 11.0 Å². The lowest BCUT2D eigenvalue weighted by molar-refractivity contribution is 0.628. The van der Waals surface area contributed by atoms with Gasteiger partial charge in [0, 0.05) is 33.2 Å². The Balaban J connectivity index is 1.11. The van der Waals surface area contributed by atoms with Crippen molar-refractivity contribution in [2.75, 3.05) is 0 Å². The Labute approximate surface area is 301 Å². The minimum Gasteiger partial charge on any atom is -0.456 e. The first-order valence-electron chi connectivity index (χ1n) is 17.7. The van der Waals surface area contributed by atoms with E-state index in [0.717, 1.165) is 61.5 Å². The zero-order valence-corrected chi connectivity index (χ0v) is 28.1. The molecule has 0 fully saturated rings. The van der Waals surface area contributed by atoms with Crippen molar-refractivity contribution in [2.45, 2.75) is 5.41 Å². The molecule has 52 heavy (non-hydrogen) atoms. The summed E-state index contributed by atoms with van der Waals surface area (Å²) in [5.41, 5.74) is 16.4. The summed E-state index contributed by atoms with van der Waals surface area (Å²) in [5.74, 6) is 1.67. The third-order valence-corrected chi connectivity index (χ3v) is 10.9. The van der Waals surface area contributed by atoms with E-state index in [0.29, 0.717) is 5.82 Å². The molecule has 0 saturated heterocycles. The van der Waals surface area contributed by atoms with Crippen molar-refractivity contribution in [1.82, 2.24) is 9.97 Å². The molecule has 0 N–H and O–H groups in total. The van der Waals surface area contributed by atoms with E-state index in [1.54, 1.807) is 0 Å². The normalized spacial score (nSPS) is 13.2. The van der Waals surface area contributed by atoms with Gasteiger partial charge in [-0.15, -0.1) is 0 Å². The maximum Gasteiger partial charge on any atom is 0.160 e.